The van der Waals surface area contributed by atoms with E-state index >= 15 is 0 Å². The molecule has 3 rings (SSSR count). The first-order chi connectivity index (χ1) is 12.0. The van der Waals surface area contributed by atoms with E-state index in [2.05, 4.69) is 9.88 Å². The Kier molecular flexibility index (Phi) is 5.73. The quantitative estimate of drug-likeness (QED) is 0.796. The van der Waals surface area contributed by atoms with Crippen LogP contribution in [0.4, 0.5) is 0 Å². The summed E-state index contributed by atoms with van der Waals surface area (Å²) in [4.78, 5) is 8.20. The molecule has 1 fully saturated rings. The molecular weight excluding hydrogens is 358 g/mol. The minimum Gasteiger partial charge on any atom is -0.497 e. The minimum absolute atomic E-state index is 0.317. The van der Waals surface area contributed by atoms with Crippen molar-refractivity contribution in [2.24, 2.45) is 0 Å². The average Bonchev–Trinajstić information content (AvgIpc) is 2.87. The molecule has 1 aromatic heterocycles. The summed E-state index contributed by atoms with van der Waals surface area (Å²) in [6.07, 6.45) is 2.71. The predicted molar refractivity (Wildman–Crippen MR) is 98.5 cm³/mol. The third-order valence-electron chi connectivity index (χ3n) is 4.27. The van der Waals surface area contributed by atoms with E-state index in [0.717, 1.165) is 24.5 Å². The zero-order chi connectivity index (χ0) is 17.9. The summed E-state index contributed by atoms with van der Waals surface area (Å²) in [5.41, 5.74) is 0. The van der Waals surface area contributed by atoms with Crippen molar-refractivity contribution in [1.82, 2.24) is 14.2 Å². The van der Waals surface area contributed by atoms with Gasteiger partial charge in [-0.3, -0.25) is 4.90 Å². The summed E-state index contributed by atoms with van der Waals surface area (Å²) in [5.74, 6) is 0.653. The van der Waals surface area contributed by atoms with Crippen LogP contribution >= 0.6 is 11.3 Å². The third kappa shape index (κ3) is 4.38. The molecule has 0 bridgehead atoms. The average molecular weight is 382 g/mol. The zero-order valence-corrected chi connectivity index (χ0v) is 16.1. The van der Waals surface area contributed by atoms with Crippen molar-refractivity contribution in [3.05, 3.63) is 40.3 Å². The number of benzene rings is 1. The molecule has 0 atom stereocenters. The highest BCUT2D eigenvalue weighted by atomic mass is 32.2. The standard InChI is InChI=1S/C17H23N3O3S2/c1-14-12-18-17(24-14)13-19-8-3-9-20(11-10-19)25(21,22)16-6-4-15(23-2)5-7-16/h4-7,12H,3,8-11,13H2,1-2H3. The molecule has 1 saturated heterocycles. The molecule has 1 aliphatic rings. The molecule has 2 aromatic rings. The van der Waals surface area contributed by atoms with Crippen molar-refractivity contribution < 1.29 is 13.2 Å². The van der Waals surface area contributed by atoms with Gasteiger partial charge in [-0.25, -0.2) is 13.4 Å². The molecule has 0 aliphatic carbocycles. The molecule has 0 N–H and O–H groups in total. The highest BCUT2D eigenvalue weighted by molar-refractivity contribution is 7.89. The number of aromatic nitrogens is 1. The maximum absolute atomic E-state index is 12.9. The zero-order valence-electron chi connectivity index (χ0n) is 14.5. The van der Waals surface area contributed by atoms with Crippen LogP contribution in [0.15, 0.2) is 35.4 Å². The van der Waals surface area contributed by atoms with Gasteiger partial charge in [0.25, 0.3) is 0 Å². The normalized spacial score (nSPS) is 17.4. The molecule has 0 spiro atoms. The number of hydrogen-bond donors (Lipinski definition) is 0. The summed E-state index contributed by atoms with van der Waals surface area (Å²) >= 11 is 1.70. The number of aryl methyl sites for hydroxylation is 1. The molecular formula is C17H23N3O3S2. The van der Waals surface area contributed by atoms with Crippen LogP contribution in [0.2, 0.25) is 0 Å². The van der Waals surface area contributed by atoms with Gasteiger partial charge >= 0.3 is 0 Å². The Labute approximate surface area is 153 Å². The van der Waals surface area contributed by atoms with Crippen LogP contribution in [-0.2, 0) is 16.6 Å². The summed E-state index contributed by atoms with van der Waals surface area (Å²) in [5, 5.41) is 1.09. The van der Waals surface area contributed by atoms with E-state index < -0.39 is 10.0 Å². The van der Waals surface area contributed by atoms with E-state index in [1.54, 1.807) is 47.0 Å². The number of nitrogens with zero attached hydrogens (tertiary/aromatic N) is 3. The fourth-order valence-electron chi connectivity index (χ4n) is 2.91. The van der Waals surface area contributed by atoms with Crippen molar-refractivity contribution in [1.29, 1.82) is 0 Å². The molecule has 0 unspecified atom stereocenters. The highest BCUT2D eigenvalue weighted by Gasteiger charge is 2.27. The molecule has 0 amide bonds. The second-order valence-electron chi connectivity index (χ2n) is 6.07. The van der Waals surface area contributed by atoms with Crippen LogP contribution in [0.5, 0.6) is 5.75 Å². The molecule has 0 radical (unpaired) electrons. The SMILES string of the molecule is COc1ccc(S(=O)(=O)N2CCCN(Cc3ncc(C)s3)CC2)cc1. The molecule has 6 nitrogen and oxygen atoms in total. The van der Waals surface area contributed by atoms with Crippen LogP contribution in [0.3, 0.4) is 0 Å². The maximum Gasteiger partial charge on any atom is 0.243 e. The van der Waals surface area contributed by atoms with Gasteiger partial charge in [0.15, 0.2) is 0 Å². The van der Waals surface area contributed by atoms with Crippen LogP contribution in [-0.4, -0.2) is 55.9 Å². The number of thiazole rings is 1. The molecule has 8 heteroatoms. The lowest BCUT2D eigenvalue weighted by Gasteiger charge is -2.21. The Bertz CT molecular complexity index is 803. The van der Waals surface area contributed by atoms with Crippen molar-refractivity contribution >= 4 is 21.4 Å². The summed E-state index contributed by atoms with van der Waals surface area (Å²) < 4.78 is 32.4. The maximum atomic E-state index is 12.9. The van der Waals surface area contributed by atoms with E-state index in [-0.39, 0.29) is 0 Å². The Balaban J connectivity index is 1.66. The second-order valence-corrected chi connectivity index (χ2v) is 9.33. The first-order valence-electron chi connectivity index (χ1n) is 8.27. The monoisotopic (exact) mass is 381 g/mol. The lowest BCUT2D eigenvalue weighted by atomic mass is 10.3. The largest absolute Gasteiger partial charge is 0.497 e. The smallest absolute Gasteiger partial charge is 0.243 e. The molecule has 1 aliphatic heterocycles. The number of ether oxygens (including phenoxy) is 1. The van der Waals surface area contributed by atoms with Gasteiger partial charge in [-0.15, -0.1) is 11.3 Å². The molecule has 25 heavy (non-hydrogen) atoms. The van der Waals surface area contributed by atoms with Gasteiger partial charge in [0.2, 0.25) is 10.0 Å². The predicted octanol–water partition coefficient (Wildman–Crippen LogP) is 2.36. The number of sulfonamides is 1. The summed E-state index contributed by atoms with van der Waals surface area (Å²) in [6, 6.07) is 6.58. The van der Waals surface area contributed by atoms with E-state index in [0.29, 0.717) is 30.3 Å². The second kappa shape index (κ2) is 7.82. The Morgan fingerprint density at radius 2 is 1.92 bits per heavy atom. The molecule has 136 valence electrons. The van der Waals surface area contributed by atoms with Crippen molar-refractivity contribution in [3.8, 4) is 5.75 Å². The van der Waals surface area contributed by atoms with Gasteiger partial charge in [0.05, 0.1) is 18.6 Å². The number of hydrogen-bond acceptors (Lipinski definition) is 6. The lowest BCUT2D eigenvalue weighted by molar-refractivity contribution is 0.278. The van der Waals surface area contributed by atoms with Crippen LogP contribution < -0.4 is 4.74 Å². The first-order valence-corrected chi connectivity index (χ1v) is 10.5. The fourth-order valence-corrected chi connectivity index (χ4v) is 5.21. The van der Waals surface area contributed by atoms with Crippen LogP contribution in [0.25, 0.3) is 0 Å². The van der Waals surface area contributed by atoms with Gasteiger partial charge in [-0.05, 0) is 44.2 Å². The van der Waals surface area contributed by atoms with Gasteiger partial charge in [0.1, 0.15) is 10.8 Å². The Hall–Kier alpha value is -1.48. The van der Waals surface area contributed by atoms with Crippen molar-refractivity contribution in [2.75, 3.05) is 33.3 Å². The third-order valence-corrected chi connectivity index (χ3v) is 7.08. The molecule has 1 aromatic carbocycles. The Morgan fingerprint density at radius 1 is 1.16 bits per heavy atom. The van der Waals surface area contributed by atoms with E-state index in [9.17, 15) is 8.42 Å². The van der Waals surface area contributed by atoms with Crippen molar-refractivity contribution in [3.63, 3.8) is 0 Å². The minimum atomic E-state index is -3.46. The van der Waals surface area contributed by atoms with Crippen molar-refractivity contribution in [2.45, 2.75) is 24.8 Å². The van der Waals surface area contributed by atoms with Gasteiger partial charge in [0, 0.05) is 30.7 Å². The topological polar surface area (TPSA) is 62.7 Å². The van der Waals surface area contributed by atoms with Gasteiger partial charge in [-0.1, -0.05) is 0 Å². The van der Waals surface area contributed by atoms with Crippen LogP contribution in [0.1, 0.15) is 16.3 Å². The lowest BCUT2D eigenvalue weighted by Crippen LogP contribution is -2.35. The van der Waals surface area contributed by atoms with E-state index in [1.165, 1.54) is 4.88 Å². The van der Waals surface area contributed by atoms with Gasteiger partial charge in [-0.2, -0.15) is 4.31 Å². The molecule has 2 heterocycles. The highest BCUT2D eigenvalue weighted by Crippen LogP contribution is 2.21. The summed E-state index contributed by atoms with van der Waals surface area (Å²) in [7, 11) is -1.90. The summed E-state index contributed by atoms with van der Waals surface area (Å²) in [6.45, 7) is 5.48. The van der Waals surface area contributed by atoms with Crippen LogP contribution in [0, 0.1) is 6.92 Å². The number of rotatable bonds is 5. The molecule has 0 saturated carbocycles. The van der Waals surface area contributed by atoms with E-state index in [1.807, 2.05) is 13.1 Å². The fraction of sp³-hybridized carbons (Fsp3) is 0.471. The first kappa shape index (κ1) is 18.3. The van der Waals surface area contributed by atoms with Gasteiger partial charge < -0.3 is 4.74 Å². The Morgan fingerprint density at radius 3 is 2.56 bits per heavy atom. The number of methoxy groups -OCH3 is 1. The van der Waals surface area contributed by atoms with E-state index in [4.69, 9.17) is 4.74 Å².